The minimum atomic E-state index is -0.0811. The zero-order valence-electron chi connectivity index (χ0n) is 7.77. The molecule has 0 rings (SSSR count). The van der Waals surface area contributed by atoms with Crippen molar-refractivity contribution in [3.8, 4) is 0 Å². The first-order valence-electron chi connectivity index (χ1n) is 4.03. The third kappa shape index (κ3) is 4.79. The molecule has 0 heterocycles. The summed E-state index contributed by atoms with van der Waals surface area (Å²) >= 11 is 0. The van der Waals surface area contributed by atoms with E-state index in [2.05, 4.69) is 24.5 Å². The van der Waals surface area contributed by atoms with E-state index >= 15 is 0 Å². The van der Waals surface area contributed by atoms with Gasteiger partial charge in [0.05, 0.1) is 6.04 Å². The molecule has 0 aliphatic carbocycles. The molecular weight excluding hydrogens is 140 g/mol. The van der Waals surface area contributed by atoms with E-state index in [1.54, 1.807) is 7.05 Å². The lowest BCUT2D eigenvalue weighted by Gasteiger charge is -2.13. The normalized spacial score (nSPS) is 13.2. The molecule has 3 nitrogen and oxygen atoms in total. The van der Waals surface area contributed by atoms with Gasteiger partial charge in [0.15, 0.2) is 0 Å². The maximum Gasteiger partial charge on any atom is 0.236 e. The van der Waals surface area contributed by atoms with Crippen LogP contribution in [0, 0.1) is 5.92 Å². The van der Waals surface area contributed by atoms with Gasteiger partial charge in [-0.2, -0.15) is 0 Å². The third-order valence-electron chi connectivity index (χ3n) is 1.47. The number of carbonyl (C=O) groups excluding carboxylic acids is 1. The van der Waals surface area contributed by atoms with Crippen molar-refractivity contribution in [2.24, 2.45) is 5.92 Å². The molecule has 1 unspecified atom stereocenters. The second kappa shape index (κ2) is 5.13. The summed E-state index contributed by atoms with van der Waals surface area (Å²) in [4.78, 5) is 11.0. The lowest BCUT2D eigenvalue weighted by molar-refractivity contribution is -0.122. The number of rotatable bonds is 4. The first kappa shape index (κ1) is 10.4. The van der Waals surface area contributed by atoms with Crippen molar-refractivity contribution in [2.45, 2.75) is 26.8 Å². The quantitative estimate of drug-likeness (QED) is 0.620. The minimum absolute atomic E-state index is 0.0469. The van der Waals surface area contributed by atoms with Crippen LogP contribution in [0.5, 0.6) is 0 Å². The van der Waals surface area contributed by atoms with Crippen molar-refractivity contribution in [2.75, 3.05) is 13.6 Å². The summed E-state index contributed by atoms with van der Waals surface area (Å²) in [6.07, 6.45) is 0. The first-order chi connectivity index (χ1) is 5.07. The van der Waals surface area contributed by atoms with Crippen LogP contribution in [0.15, 0.2) is 0 Å². The summed E-state index contributed by atoms with van der Waals surface area (Å²) < 4.78 is 0. The van der Waals surface area contributed by atoms with Gasteiger partial charge >= 0.3 is 0 Å². The molecule has 1 amide bonds. The van der Waals surface area contributed by atoms with Crippen molar-refractivity contribution in [1.29, 1.82) is 0 Å². The Hall–Kier alpha value is -0.570. The van der Waals surface area contributed by atoms with Crippen LogP contribution in [0.25, 0.3) is 0 Å². The van der Waals surface area contributed by atoms with E-state index in [9.17, 15) is 4.79 Å². The lowest BCUT2D eigenvalue weighted by atomic mass is 10.2. The molecule has 3 heteroatoms. The topological polar surface area (TPSA) is 41.1 Å². The summed E-state index contributed by atoms with van der Waals surface area (Å²) in [6, 6.07) is -0.0811. The Kier molecular flexibility index (Phi) is 4.86. The van der Waals surface area contributed by atoms with E-state index in [4.69, 9.17) is 0 Å². The fourth-order valence-corrected chi connectivity index (χ4v) is 0.722. The molecule has 0 aromatic heterocycles. The zero-order chi connectivity index (χ0) is 8.85. The standard InChI is InChI=1S/C8H18N2O/c1-6(2)5-10-7(3)8(11)9-4/h6-7,10H,5H2,1-4H3,(H,9,11). The number of nitrogens with one attached hydrogen (secondary N) is 2. The van der Waals surface area contributed by atoms with E-state index in [-0.39, 0.29) is 11.9 Å². The Morgan fingerprint density at radius 3 is 2.27 bits per heavy atom. The Balaban J connectivity index is 3.52. The summed E-state index contributed by atoms with van der Waals surface area (Å²) in [5.74, 6) is 0.632. The number of hydrogen-bond acceptors (Lipinski definition) is 2. The van der Waals surface area contributed by atoms with E-state index in [0.717, 1.165) is 6.54 Å². The van der Waals surface area contributed by atoms with Crippen LogP contribution in [0.4, 0.5) is 0 Å². The Bertz CT molecular complexity index is 123. The molecule has 0 saturated carbocycles. The van der Waals surface area contributed by atoms with Crippen LogP contribution in [-0.4, -0.2) is 25.5 Å². The largest absolute Gasteiger partial charge is 0.358 e. The van der Waals surface area contributed by atoms with E-state index in [0.29, 0.717) is 5.92 Å². The molecule has 0 radical (unpaired) electrons. The van der Waals surface area contributed by atoms with Gasteiger partial charge in [0.1, 0.15) is 0 Å². The number of carbonyl (C=O) groups is 1. The van der Waals surface area contributed by atoms with Gasteiger partial charge in [0.25, 0.3) is 0 Å². The maximum absolute atomic E-state index is 11.0. The van der Waals surface area contributed by atoms with Crippen LogP contribution in [0.2, 0.25) is 0 Å². The Morgan fingerprint density at radius 1 is 1.36 bits per heavy atom. The highest BCUT2D eigenvalue weighted by Crippen LogP contribution is 1.89. The summed E-state index contributed by atoms with van der Waals surface area (Å²) in [6.45, 7) is 6.98. The van der Waals surface area contributed by atoms with Gasteiger partial charge in [-0.1, -0.05) is 13.8 Å². The fraction of sp³-hybridized carbons (Fsp3) is 0.875. The molecule has 0 aliphatic heterocycles. The third-order valence-corrected chi connectivity index (χ3v) is 1.47. The van der Waals surface area contributed by atoms with Gasteiger partial charge in [-0.15, -0.1) is 0 Å². The molecular formula is C8H18N2O. The van der Waals surface area contributed by atoms with Gasteiger partial charge < -0.3 is 10.6 Å². The Morgan fingerprint density at radius 2 is 1.91 bits per heavy atom. The predicted molar refractivity (Wildman–Crippen MR) is 46.4 cm³/mol. The van der Waals surface area contributed by atoms with Crippen molar-refractivity contribution in [3.05, 3.63) is 0 Å². The molecule has 2 N–H and O–H groups in total. The van der Waals surface area contributed by atoms with Crippen LogP contribution in [-0.2, 0) is 4.79 Å². The second-order valence-electron chi connectivity index (χ2n) is 3.14. The van der Waals surface area contributed by atoms with Gasteiger partial charge in [-0.3, -0.25) is 4.79 Å². The molecule has 11 heavy (non-hydrogen) atoms. The average Bonchev–Trinajstić information content (AvgIpc) is 1.98. The fourth-order valence-electron chi connectivity index (χ4n) is 0.722. The molecule has 0 fully saturated rings. The zero-order valence-corrected chi connectivity index (χ0v) is 7.77. The van der Waals surface area contributed by atoms with E-state index < -0.39 is 0 Å². The second-order valence-corrected chi connectivity index (χ2v) is 3.14. The molecule has 1 atom stereocenters. The van der Waals surface area contributed by atoms with Gasteiger partial charge in [-0.25, -0.2) is 0 Å². The SMILES string of the molecule is CNC(=O)C(C)NCC(C)C. The van der Waals surface area contributed by atoms with Crippen molar-refractivity contribution in [1.82, 2.24) is 10.6 Å². The monoisotopic (exact) mass is 158 g/mol. The van der Waals surface area contributed by atoms with Gasteiger partial charge in [0, 0.05) is 7.05 Å². The molecule has 0 aromatic carbocycles. The van der Waals surface area contributed by atoms with Crippen molar-refractivity contribution < 1.29 is 4.79 Å². The van der Waals surface area contributed by atoms with Crippen molar-refractivity contribution in [3.63, 3.8) is 0 Å². The van der Waals surface area contributed by atoms with Crippen LogP contribution < -0.4 is 10.6 Å². The van der Waals surface area contributed by atoms with Crippen LogP contribution in [0.3, 0.4) is 0 Å². The Labute approximate surface area is 68.6 Å². The number of likely N-dealkylation sites (N-methyl/N-ethyl adjacent to an activating group) is 1. The maximum atomic E-state index is 11.0. The average molecular weight is 158 g/mol. The van der Waals surface area contributed by atoms with E-state index in [1.165, 1.54) is 0 Å². The summed E-state index contributed by atoms with van der Waals surface area (Å²) in [5, 5.41) is 5.71. The molecule has 0 aliphatic rings. The van der Waals surface area contributed by atoms with Crippen LogP contribution >= 0.6 is 0 Å². The highest BCUT2D eigenvalue weighted by atomic mass is 16.2. The molecule has 0 bridgehead atoms. The smallest absolute Gasteiger partial charge is 0.236 e. The molecule has 66 valence electrons. The highest BCUT2D eigenvalue weighted by molar-refractivity contribution is 5.80. The van der Waals surface area contributed by atoms with E-state index in [1.807, 2.05) is 6.92 Å². The van der Waals surface area contributed by atoms with Crippen molar-refractivity contribution >= 4 is 5.91 Å². The van der Waals surface area contributed by atoms with Gasteiger partial charge in [-0.05, 0) is 19.4 Å². The molecule has 0 spiro atoms. The van der Waals surface area contributed by atoms with Crippen LogP contribution in [0.1, 0.15) is 20.8 Å². The molecule has 0 saturated heterocycles. The molecule has 0 aromatic rings. The predicted octanol–water partition coefficient (Wildman–Crippen LogP) is 0.366. The van der Waals surface area contributed by atoms with Gasteiger partial charge in [0.2, 0.25) is 5.91 Å². The number of amides is 1. The number of hydrogen-bond donors (Lipinski definition) is 2. The summed E-state index contributed by atoms with van der Waals surface area (Å²) in [5.41, 5.74) is 0. The summed E-state index contributed by atoms with van der Waals surface area (Å²) in [7, 11) is 1.65. The first-order valence-corrected chi connectivity index (χ1v) is 4.03. The lowest BCUT2D eigenvalue weighted by Crippen LogP contribution is -2.41. The highest BCUT2D eigenvalue weighted by Gasteiger charge is 2.09. The minimum Gasteiger partial charge on any atom is -0.358 e.